The summed E-state index contributed by atoms with van der Waals surface area (Å²) in [6, 6.07) is 9.14. The maximum absolute atomic E-state index is 13.3. The van der Waals surface area contributed by atoms with Gasteiger partial charge in [0.15, 0.2) is 0 Å². The van der Waals surface area contributed by atoms with E-state index in [0.717, 1.165) is 18.2 Å². The zero-order chi connectivity index (χ0) is 42.9. The summed E-state index contributed by atoms with van der Waals surface area (Å²) in [4.78, 5) is 71.7. The lowest BCUT2D eigenvalue weighted by Crippen LogP contribution is -2.56. The van der Waals surface area contributed by atoms with Crippen molar-refractivity contribution in [3.63, 3.8) is 0 Å². The van der Waals surface area contributed by atoms with Crippen LogP contribution in [0.4, 0.5) is 21.0 Å². The van der Waals surface area contributed by atoms with Gasteiger partial charge in [0.25, 0.3) is 11.4 Å². The number of carbonyl (C=O) groups is 4. The van der Waals surface area contributed by atoms with Gasteiger partial charge in [-0.1, -0.05) is 68.2 Å². The molecule has 1 fully saturated rings. The Bertz CT molecular complexity index is 1550. The molecule has 1 saturated heterocycles. The van der Waals surface area contributed by atoms with E-state index < -0.39 is 45.3 Å². The zero-order valence-corrected chi connectivity index (χ0v) is 35.1. The van der Waals surface area contributed by atoms with E-state index in [2.05, 4.69) is 28.2 Å². The first-order chi connectivity index (χ1) is 27.3. The van der Waals surface area contributed by atoms with Crippen molar-refractivity contribution in [1.82, 2.24) is 21.3 Å². The van der Waals surface area contributed by atoms with Crippen molar-refractivity contribution < 1.29 is 43.2 Å². The second-order valence-corrected chi connectivity index (χ2v) is 13.8. The van der Waals surface area contributed by atoms with Gasteiger partial charge in [-0.15, -0.1) is 0 Å². The molecule has 17 nitrogen and oxygen atoms in total. The number of benzene rings is 2. The minimum absolute atomic E-state index is 0.0432. The van der Waals surface area contributed by atoms with Gasteiger partial charge in [-0.3, -0.25) is 25.0 Å². The van der Waals surface area contributed by atoms with Crippen LogP contribution >= 0.6 is 11.8 Å². The van der Waals surface area contributed by atoms with E-state index in [1.807, 2.05) is 48.5 Å². The molecule has 4 N–H and O–H groups in total. The third-order valence-corrected chi connectivity index (χ3v) is 9.93. The van der Waals surface area contributed by atoms with E-state index in [0.29, 0.717) is 30.5 Å². The highest BCUT2D eigenvalue weighted by Crippen LogP contribution is 2.17. The Kier molecular flexibility index (Phi) is 24.4. The first kappa shape index (κ1) is 50.2. The second kappa shape index (κ2) is 27.7. The van der Waals surface area contributed by atoms with Crippen LogP contribution in [0.1, 0.15) is 85.8 Å². The molecule has 0 saturated carbocycles. The monoisotopic (exact) mass is 820 g/mol. The molecule has 1 aliphatic rings. The molecular weight excluding hydrogens is 761 g/mol. The summed E-state index contributed by atoms with van der Waals surface area (Å²) in [5.74, 6) is -0.557. The van der Waals surface area contributed by atoms with Gasteiger partial charge >= 0.3 is 17.4 Å². The predicted octanol–water partition coefficient (Wildman–Crippen LogP) is 6.66. The number of cyclic esters (lactones) is 1. The van der Waals surface area contributed by atoms with Gasteiger partial charge in [0, 0.05) is 55.6 Å². The number of alkyl carbamates (subject to hydrolysis) is 1. The topological polar surface area (TPSA) is 230 Å². The van der Waals surface area contributed by atoms with E-state index in [4.69, 9.17) is 14.2 Å². The molecule has 2 aromatic carbocycles. The number of hydrogen-bond donors (Lipinski definition) is 4. The lowest BCUT2D eigenvalue weighted by molar-refractivity contribution is -0.385. The normalized spacial score (nSPS) is 15.7. The molecule has 0 spiro atoms. The highest BCUT2D eigenvalue weighted by atomic mass is 32.2. The average molecular weight is 821 g/mol. The van der Waals surface area contributed by atoms with E-state index in [1.54, 1.807) is 0 Å². The molecule has 6 atom stereocenters. The number of non-ortho nitro benzene ring substituents is 2. The fourth-order valence-electron chi connectivity index (χ4n) is 5.27. The number of amides is 2. The van der Waals surface area contributed by atoms with E-state index in [-0.39, 0.29) is 67.3 Å². The van der Waals surface area contributed by atoms with Crippen LogP contribution in [0.5, 0.6) is 0 Å². The quantitative estimate of drug-likeness (QED) is 0.0447. The lowest BCUT2D eigenvalue weighted by Gasteiger charge is -2.31. The first-order valence-corrected chi connectivity index (χ1v) is 20.4. The largest absolute Gasteiger partial charge is 0.464 e. The minimum Gasteiger partial charge on any atom is -0.464 e. The Morgan fingerprint density at radius 3 is 1.82 bits per heavy atom. The van der Waals surface area contributed by atoms with Crippen LogP contribution in [0.2, 0.25) is 0 Å². The maximum atomic E-state index is 13.3. The summed E-state index contributed by atoms with van der Waals surface area (Å²) < 4.78 is 15.7. The zero-order valence-electron chi connectivity index (χ0n) is 34.2. The molecule has 2 aromatic rings. The van der Waals surface area contributed by atoms with Gasteiger partial charge in [-0.2, -0.15) is 0 Å². The van der Waals surface area contributed by atoms with Crippen molar-refractivity contribution in [3.05, 3.63) is 79.9 Å². The van der Waals surface area contributed by atoms with Crippen LogP contribution in [-0.2, 0) is 37.0 Å². The van der Waals surface area contributed by atoms with E-state index >= 15 is 0 Å². The molecule has 0 radical (unpaired) electrons. The number of rotatable bonds is 21. The number of nitrogens with one attached hydrogen (secondary N) is 4. The van der Waals surface area contributed by atoms with Gasteiger partial charge < -0.3 is 35.5 Å². The molecule has 6 unspecified atom stereocenters. The molecule has 0 aliphatic carbocycles. The highest BCUT2D eigenvalue weighted by molar-refractivity contribution is 8.13. The smallest absolute Gasteiger partial charge is 0.407 e. The van der Waals surface area contributed by atoms with E-state index in [1.165, 1.54) is 48.5 Å². The Balaban J connectivity index is 0.00000393. The number of esters is 1. The Morgan fingerprint density at radius 2 is 1.35 bits per heavy atom. The fourth-order valence-corrected chi connectivity index (χ4v) is 5.95. The maximum Gasteiger partial charge on any atom is 0.407 e. The molecule has 18 heteroatoms. The van der Waals surface area contributed by atoms with Gasteiger partial charge in [0.1, 0.15) is 19.3 Å². The molecule has 57 heavy (non-hydrogen) atoms. The number of thioether (sulfide) groups is 1. The molecule has 0 bridgehead atoms. The predicted molar refractivity (Wildman–Crippen MR) is 219 cm³/mol. The number of ether oxygens (including phenoxy) is 3. The van der Waals surface area contributed by atoms with Crippen molar-refractivity contribution in [2.45, 2.75) is 112 Å². The molecule has 3 rings (SSSR count). The van der Waals surface area contributed by atoms with Crippen molar-refractivity contribution in [3.8, 4) is 0 Å². The summed E-state index contributed by atoms with van der Waals surface area (Å²) >= 11 is 0.833. The third kappa shape index (κ3) is 18.3. The Hall–Kier alpha value is -4.81. The Morgan fingerprint density at radius 1 is 0.825 bits per heavy atom. The molecular formula is C39H60N6O11S. The number of hydrogen-bond acceptors (Lipinski definition) is 14. The van der Waals surface area contributed by atoms with Crippen LogP contribution < -0.4 is 21.3 Å². The summed E-state index contributed by atoms with van der Waals surface area (Å²) in [7, 11) is 0. The second-order valence-electron chi connectivity index (χ2n) is 12.8. The van der Waals surface area contributed by atoms with Gasteiger partial charge in [0.05, 0.1) is 28.5 Å². The van der Waals surface area contributed by atoms with Crippen LogP contribution in [-0.4, -0.2) is 82.7 Å². The SMILES string of the molecule is CC.CC.CCC(C)C(CNC(C(=O)NC1CCOC1=O)C(C)CC)NCC(CSC(=O)OCc1ccc([N+](=O)[O-])cc1)NC(=O)OCc1ccc([N+](=O)[O-])cc1. The van der Waals surface area contributed by atoms with Crippen molar-refractivity contribution >= 4 is 46.4 Å². The summed E-state index contributed by atoms with van der Waals surface area (Å²) in [5, 5.41) is 33.7. The van der Waals surface area contributed by atoms with Gasteiger partial charge in [0.2, 0.25) is 5.91 Å². The van der Waals surface area contributed by atoms with Gasteiger partial charge in [-0.25, -0.2) is 14.4 Å². The van der Waals surface area contributed by atoms with Crippen molar-refractivity contribution in [2.75, 3.05) is 25.4 Å². The van der Waals surface area contributed by atoms with Crippen molar-refractivity contribution in [2.24, 2.45) is 11.8 Å². The molecule has 318 valence electrons. The number of nitro groups is 2. The average Bonchev–Trinajstić information content (AvgIpc) is 3.63. The van der Waals surface area contributed by atoms with Crippen LogP contribution in [0, 0.1) is 32.1 Å². The molecule has 1 aliphatic heterocycles. The van der Waals surface area contributed by atoms with Crippen molar-refractivity contribution in [1.29, 1.82) is 0 Å². The fraction of sp³-hybridized carbons (Fsp3) is 0.590. The minimum atomic E-state index is -0.771. The molecule has 1 heterocycles. The van der Waals surface area contributed by atoms with Crippen LogP contribution in [0.25, 0.3) is 0 Å². The van der Waals surface area contributed by atoms with Crippen LogP contribution in [0.15, 0.2) is 48.5 Å². The molecule has 0 aromatic heterocycles. The van der Waals surface area contributed by atoms with Crippen LogP contribution in [0.3, 0.4) is 0 Å². The first-order valence-electron chi connectivity index (χ1n) is 19.4. The number of carbonyl (C=O) groups excluding carboxylic acids is 4. The van der Waals surface area contributed by atoms with Gasteiger partial charge in [-0.05, 0) is 59.0 Å². The Labute approximate surface area is 339 Å². The standard InChI is InChI=1S/C35H48N6O11S.2C2H6/c1-5-22(3)30(18-37-31(23(4)6-2)32(42)39-29-15-16-50-33(29)43)36-17-26(38-34(44)51-19-24-7-11-27(12-8-24)40(46)47)21-53-35(45)52-20-25-9-13-28(14-10-25)41(48)49;2*1-2/h7-14,22-23,26,29-31,36-37H,5-6,15-21H2,1-4H3,(H,38,44)(H,39,42);2*1-2H3. The third-order valence-electron chi connectivity index (χ3n) is 9.01. The van der Waals surface area contributed by atoms with E-state index in [9.17, 15) is 39.4 Å². The highest BCUT2D eigenvalue weighted by Gasteiger charge is 2.33. The molecule has 2 amide bonds. The summed E-state index contributed by atoms with van der Waals surface area (Å²) in [5.41, 5.74) is 0.919. The lowest BCUT2D eigenvalue weighted by atomic mass is 9.95. The summed E-state index contributed by atoms with van der Waals surface area (Å²) in [6.07, 6.45) is 1.16. The summed E-state index contributed by atoms with van der Waals surface area (Å²) in [6.45, 7) is 16.6. The number of nitro benzene ring substituents is 2. The number of nitrogens with zero attached hydrogens (tertiary/aromatic N) is 2.